The van der Waals surface area contributed by atoms with Crippen LogP contribution in [0.1, 0.15) is 61.7 Å². The molecule has 2 aliphatic heterocycles. The first-order valence-corrected chi connectivity index (χ1v) is 10.7. The van der Waals surface area contributed by atoms with Crippen LogP contribution >= 0.6 is 0 Å². The van der Waals surface area contributed by atoms with Gasteiger partial charge in [0.2, 0.25) is 11.8 Å². The van der Waals surface area contributed by atoms with Crippen LogP contribution in [0.4, 0.5) is 0 Å². The van der Waals surface area contributed by atoms with Crippen molar-refractivity contribution >= 4 is 11.8 Å². The monoisotopic (exact) mass is 395 g/mol. The zero-order valence-electron chi connectivity index (χ0n) is 16.9. The molecule has 1 aromatic heterocycles. The highest BCUT2D eigenvalue weighted by Crippen LogP contribution is 2.27. The van der Waals surface area contributed by atoms with Gasteiger partial charge in [-0.25, -0.2) is 4.98 Å². The molecule has 6 heteroatoms. The molecule has 0 aliphatic carbocycles. The minimum absolute atomic E-state index is 0.0426. The molecular formula is C23H29N3O3. The van der Waals surface area contributed by atoms with E-state index in [9.17, 15) is 9.59 Å². The van der Waals surface area contributed by atoms with Gasteiger partial charge in [-0.3, -0.25) is 9.59 Å². The number of carbonyl (C=O) groups excluding carboxylic acids is 2. The third kappa shape index (κ3) is 5.05. The second-order valence-electron chi connectivity index (χ2n) is 8.13. The van der Waals surface area contributed by atoms with Crippen LogP contribution in [0, 0.1) is 0 Å². The molecular weight excluding hydrogens is 366 g/mol. The second-order valence-corrected chi connectivity index (χ2v) is 8.13. The molecule has 29 heavy (non-hydrogen) atoms. The SMILES string of the molecule is O=C1CCCCCN1CC(=O)N1CCCC(c2ncc(Cc3ccccc3)o2)C1. The number of rotatable bonds is 5. The first kappa shape index (κ1) is 19.7. The summed E-state index contributed by atoms with van der Waals surface area (Å²) in [7, 11) is 0. The largest absolute Gasteiger partial charge is 0.445 e. The zero-order chi connectivity index (χ0) is 20.1. The van der Waals surface area contributed by atoms with Crippen LogP contribution in [-0.4, -0.2) is 52.8 Å². The molecule has 1 atom stereocenters. The van der Waals surface area contributed by atoms with E-state index in [2.05, 4.69) is 17.1 Å². The Morgan fingerprint density at radius 2 is 1.97 bits per heavy atom. The first-order chi connectivity index (χ1) is 14.2. The minimum Gasteiger partial charge on any atom is -0.445 e. The summed E-state index contributed by atoms with van der Waals surface area (Å²) in [5, 5.41) is 0. The van der Waals surface area contributed by atoms with E-state index in [0.29, 0.717) is 19.5 Å². The predicted molar refractivity (Wildman–Crippen MR) is 109 cm³/mol. The number of oxazole rings is 1. The van der Waals surface area contributed by atoms with Gasteiger partial charge in [-0.05, 0) is 31.2 Å². The van der Waals surface area contributed by atoms with Crippen molar-refractivity contribution in [3.63, 3.8) is 0 Å². The molecule has 1 unspecified atom stereocenters. The number of aromatic nitrogens is 1. The van der Waals surface area contributed by atoms with Gasteiger partial charge in [0.25, 0.3) is 0 Å². The van der Waals surface area contributed by atoms with E-state index in [-0.39, 0.29) is 24.3 Å². The van der Waals surface area contributed by atoms with Crippen LogP contribution in [0.5, 0.6) is 0 Å². The lowest BCUT2D eigenvalue weighted by atomic mass is 9.98. The predicted octanol–water partition coefficient (Wildman–Crippen LogP) is 3.37. The average molecular weight is 396 g/mol. The molecule has 6 nitrogen and oxygen atoms in total. The summed E-state index contributed by atoms with van der Waals surface area (Å²) in [5.41, 5.74) is 1.19. The van der Waals surface area contributed by atoms with Crippen LogP contribution in [-0.2, 0) is 16.0 Å². The average Bonchev–Trinajstić information content (AvgIpc) is 3.12. The number of amides is 2. The maximum atomic E-state index is 12.8. The first-order valence-electron chi connectivity index (χ1n) is 10.7. The summed E-state index contributed by atoms with van der Waals surface area (Å²) in [5.74, 6) is 1.85. The summed E-state index contributed by atoms with van der Waals surface area (Å²) >= 11 is 0. The van der Waals surface area contributed by atoms with Gasteiger partial charge in [0, 0.05) is 32.5 Å². The summed E-state index contributed by atoms with van der Waals surface area (Å²) in [6, 6.07) is 10.2. The lowest BCUT2D eigenvalue weighted by molar-refractivity contribution is -0.141. The van der Waals surface area contributed by atoms with Gasteiger partial charge in [0.05, 0.1) is 18.7 Å². The van der Waals surface area contributed by atoms with E-state index >= 15 is 0 Å². The fraction of sp³-hybridized carbons (Fsp3) is 0.522. The number of hydrogen-bond acceptors (Lipinski definition) is 4. The minimum atomic E-state index is 0.0426. The fourth-order valence-electron chi connectivity index (χ4n) is 4.26. The number of carbonyl (C=O) groups is 2. The Kier molecular flexibility index (Phi) is 6.27. The molecule has 0 saturated carbocycles. The lowest BCUT2D eigenvalue weighted by Crippen LogP contribution is -2.46. The standard InChI is InChI=1S/C23H29N3O3/c27-21-11-5-2-6-12-26(21)17-22(28)25-13-7-10-19(16-25)23-24-15-20(29-23)14-18-8-3-1-4-9-18/h1,3-4,8-9,15,19H,2,5-7,10-14,16-17H2. The van der Waals surface area contributed by atoms with Crippen molar-refractivity contribution in [3.8, 4) is 0 Å². The van der Waals surface area contributed by atoms with Crippen LogP contribution < -0.4 is 0 Å². The van der Waals surface area contributed by atoms with Gasteiger partial charge in [-0.15, -0.1) is 0 Å². The Labute approximate surface area is 171 Å². The summed E-state index contributed by atoms with van der Waals surface area (Å²) in [6.07, 6.45) is 7.98. The highest BCUT2D eigenvalue weighted by atomic mass is 16.4. The Morgan fingerprint density at radius 1 is 1.10 bits per heavy atom. The molecule has 3 heterocycles. The van der Waals surface area contributed by atoms with E-state index in [1.807, 2.05) is 23.1 Å². The molecule has 2 saturated heterocycles. The normalized spacial score (nSPS) is 20.6. The molecule has 2 aliphatic rings. The van der Waals surface area contributed by atoms with E-state index in [1.54, 1.807) is 11.1 Å². The highest BCUT2D eigenvalue weighted by Gasteiger charge is 2.29. The third-order valence-corrected chi connectivity index (χ3v) is 5.91. The second kappa shape index (κ2) is 9.25. The smallest absolute Gasteiger partial charge is 0.242 e. The topological polar surface area (TPSA) is 66.7 Å². The van der Waals surface area contributed by atoms with Gasteiger partial charge in [0.1, 0.15) is 5.76 Å². The molecule has 0 radical (unpaired) electrons. The molecule has 0 bridgehead atoms. The maximum Gasteiger partial charge on any atom is 0.242 e. The zero-order valence-corrected chi connectivity index (χ0v) is 16.9. The molecule has 0 N–H and O–H groups in total. The number of benzene rings is 1. The number of hydrogen-bond donors (Lipinski definition) is 0. The Morgan fingerprint density at radius 3 is 2.83 bits per heavy atom. The maximum absolute atomic E-state index is 12.8. The van der Waals surface area contributed by atoms with E-state index in [1.165, 1.54) is 5.56 Å². The van der Waals surface area contributed by atoms with Crippen molar-refractivity contribution < 1.29 is 14.0 Å². The molecule has 0 spiro atoms. The quantitative estimate of drug-likeness (QED) is 0.778. The summed E-state index contributed by atoms with van der Waals surface area (Å²) in [6.45, 7) is 2.27. The van der Waals surface area contributed by atoms with Gasteiger partial charge in [0.15, 0.2) is 5.89 Å². The summed E-state index contributed by atoms with van der Waals surface area (Å²) < 4.78 is 6.03. The van der Waals surface area contributed by atoms with E-state index in [0.717, 1.165) is 56.7 Å². The van der Waals surface area contributed by atoms with E-state index in [4.69, 9.17) is 4.42 Å². The van der Waals surface area contributed by atoms with Gasteiger partial charge < -0.3 is 14.2 Å². The van der Waals surface area contributed by atoms with Crippen LogP contribution in [0.25, 0.3) is 0 Å². The molecule has 2 aromatic rings. The molecule has 154 valence electrons. The summed E-state index contributed by atoms with van der Waals surface area (Å²) in [4.78, 5) is 33.2. The lowest BCUT2D eigenvalue weighted by Gasteiger charge is -2.33. The Balaban J connectivity index is 1.35. The molecule has 2 fully saturated rings. The van der Waals surface area contributed by atoms with Crippen LogP contribution in [0.2, 0.25) is 0 Å². The van der Waals surface area contributed by atoms with Gasteiger partial charge in [-0.2, -0.15) is 0 Å². The number of likely N-dealkylation sites (tertiary alicyclic amines) is 2. The van der Waals surface area contributed by atoms with Crippen molar-refractivity contribution in [1.29, 1.82) is 0 Å². The van der Waals surface area contributed by atoms with Crippen molar-refractivity contribution in [2.24, 2.45) is 0 Å². The van der Waals surface area contributed by atoms with E-state index < -0.39 is 0 Å². The fourth-order valence-corrected chi connectivity index (χ4v) is 4.26. The van der Waals surface area contributed by atoms with Gasteiger partial charge >= 0.3 is 0 Å². The highest BCUT2D eigenvalue weighted by molar-refractivity contribution is 5.85. The number of piperidine rings is 1. The molecule has 2 amide bonds. The van der Waals surface area contributed by atoms with Crippen molar-refractivity contribution in [2.45, 2.75) is 50.9 Å². The molecule has 4 rings (SSSR count). The molecule has 1 aromatic carbocycles. The Hall–Kier alpha value is -2.63. The van der Waals surface area contributed by atoms with Crippen LogP contribution in [0.3, 0.4) is 0 Å². The van der Waals surface area contributed by atoms with Gasteiger partial charge in [-0.1, -0.05) is 36.8 Å². The van der Waals surface area contributed by atoms with Crippen molar-refractivity contribution in [2.75, 3.05) is 26.2 Å². The van der Waals surface area contributed by atoms with Crippen molar-refractivity contribution in [1.82, 2.24) is 14.8 Å². The number of nitrogens with zero attached hydrogens (tertiary/aromatic N) is 3. The third-order valence-electron chi connectivity index (χ3n) is 5.91. The van der Waals surface area contributed by atoms with Crippen molar-refractivity contribution in [3.05, 3.63) is 53.7 Å². The Bertz CT molecular complexity index is 833. The van der Waals surface area contributed by atoms with Crippen LogP contribution in [0.15, 0.2) is 40.9 Å².